The lowest BCUT2D eigenvalue weighted by Gasteiger charge is -2.29. The van der Waals surface area contributed by atoms with Crippen LogP contribution in [0.15, 0.2) is 18.2 Å². The van der Waals surface area contributed by atoms with Crippen LogP contribution < -0.4 is 16.4 Å². The van der Waals surface area contributed by atoms with Crippen LogP contribution in [0.25, 0.3) is 0 Å². The van der Waals surface area contributed by atoms with Crippen molar-refractivity contribution in [3.05, 3.63) is 29.3 Å². The van der Waals surface area contributed by atoms with E-state index in [9.17, 15) is 19.2 Å². The average Bonchev–Trinajstić information content (AvgIpc) is 3.23. The van der Waals surface area contributed by atoms with E-state index in [4.69, 9.17) is 29.4 Å². The van der Waals surface area contributed by atoms with E-state index in [2.05, 4.69) is 10.6 Å². The Labute approximate surface area is 221 Å². The highest BCUT2D eigenvalue weighted by atomic mass is 16.6. The van der Waals surface area contributed by atoms with Crippen molar-refractivity contribution in [2.24, 2.45) is 5.73 Å². The van der Waals surface area contributed by atoms with Gasteiger partial charge in [0, 0.05) is 36.3 Å². The van der Waals surface area contributed by atoms with Crippen molar-refractivity contribution >= 4 is 29.3 Å². The second-order valence-electron chi connectivity index (χ2n) is 8.57. The zero-order chi connectivity index (χ0) is 27.2. The molecule has 0 spiro atoms. The van der Waals surface area contributed by atoms with Crippen LogP contribution in [0.5, 0.6) is 0 Å². The van der Waals surface area contributed by atoms with Gasteiger partial charge in [0.1, 0.15) is 12.6 Å². The Kier molecular flexibility index (Phi) is 12.6. The van der Waals surface area contributed by atoms with Crippen LogP contribution in [0.2, 0.25) is 0 Å². The number of fused-ring (bicyclic) bond motifs is 1. The number of nitrogens with two attached hydrogens (primary N) is 1. The normalized spacial score (nSPS) is 17.0. The highest BCUT2D eigenvalue weighted by Crippen LogP contribution is 2.32. The van der Waals surface area contributed by atoms with Crippen LogP contribution in [0, 0.1) is 0 Å². The van der Waals surface area contributed by atoms with E-state index in [0.29, 0.717) is 76.2 Å². The number of benzene rings is 1. The fraction of sp³-hybridized carbons (Fsp3) is 0.600. The van der Waals surface area contributed by atoms with Gasteiger partial charge in [0.05, 0.1) is 59.5 Å². The van der Waals surface area contributed by atoms with E-state index in [-0.39, 0.29) is 50.3 Å². The first-order chi connectivity index (χ1) is 18.5. The summed E-state index contributed by atoms with van der Waals surface area (Å²) in [6.07, 6.45) is 0.448. The summed E-state index contributed by atoms with van der Waals surface area (Å²) in [6.45, 7) is 4.29. The summed E-state index contributed by atoms with van der Waals surface area (Å²) in [5.74, 6) is -1.50. The molecule has 13 nitrogen and oxygen atoms in total. The number of ether oxygens (including phenoxy) is 5. The second-order valence-corrected chi connectivity index (χ2v) is 8.57. The van der Waals surface area contributed by atoms with Crippen molar-refractivity contribution in [2.75, 3.05) is 77.9 Å². The van der Waals surface area contributed by atoms with Crippen molar-refractivity contribution in [3.63, 3.8) is 0 Å². The Hall–Kier alpha value is -2.94. The smallest absolute Gasteiger partial charge is 0.255 e. The molecule has 1 unspecified atom stereocenters. The maximum atomic E-state index is 12.9. The molecule has 210 valence electrons. The first-order valence-corrected chi connectivity index (χ1v) is 12.7. The van der Waals surface area contributed by atoms with Gasteiger partial charge in [0.25, 0.3) is 5.91 Å². The Balaban J connectivity index is 1.27. The van der Waals surface area contributed by atoms with Gasteiger partial charge < -0.3 is 39.6 Å². The number of carbonyl (C=O) groups excluding carboxylic acids is 4. The molecule has 1 saturated heterocycles. The lowest BCUT2D eigenvalue weighted by Crippen LogP contribution is -2.52. The van der Waals surface area contributed by atoms with E-state index in [1.807, 2.05) is 0 Å². The van der Waals surface area contributed by atoms with Crippen LogP contribution in [-0.4, -0.2) is 107 Å². The number of nitrogens with zero attached hydrogens (tertiary/aromatic N) is 1. The Morgan fingerprint density at radius 1 is 0.921 bits per heavy atom. The summed E-state index contributed by atoms with van der Waals surface area (Å²) in [5, 5.41) is 5.05. The van der Waals surface area contributed by atoms with Gasteiger partial charge in [-0.1, -0.05) is 6.07 Å². The number of carbonyl (C=O) groups is 4. The molecule has 13 heteroatoms. The SMILES string of the molecule is NCCOCCOCCOCCOCCOCC(=O)Nc1cccc2c1CN(C1CCC(=O)NC1=O)C2=O. The minimum atomic E-state index is -0.718. The number of amides is 4. The molecule has 0 aliphatic carbocycles. The molecular formula is C25H36N4O9. The zero-order valence-electron chi connectivity index (χ0n) is 21.4. The van der Waals surface area contributed by atoms with Gasteiger partial charge in [0.2, 0.25) is 17.7 Å². The van der Waals surface area contributed by atoms with E-state index >= 15 is 0 Å². The van der Waals surface area contributed by atoms with Crippen molar-refractivity contribution in [1.82, 2.24) is 10.2 Å². The molecule has 1 atom stereocenters. The topological polar surface area (TPSA) is 168 Å². The lowest BCUT2D eigenvalue weighted by atomic mass is 10.0. The predicted molar refractivity (Wildman–Crippen MR) is 134 cm³/mol. The van der Waals surface area contributed by atoms with E-state index in [1.54, 1.807) is 18.2 Å². The summed E-state index contributed by atoms with van der Waals surface area (Å²) in [5.41, 5.74) is 6.85. The summed E-state index contributed by atoms with van der Waals surface area (Å²) in [6, 6.07) is 4.30. The third kappa shape index (κ3) is 9.11. The molecule has 0 saturated carbocycles. The maximum Gasteiger partial charge on any atom is 0.255 e. The summed E-state index contributed by atoms with van der Waals surface area (Å²) in [7, 11) is 0. The third-order valence-electron chi connectivity index (χ3n) is 5.84. The fourth-order valence-electron chi connectivity index (χ4n) is 4.02. The van der Waals surface area contributed by atoms with Gasteiger partial charge in [-0.15, -0.1) is 0 Å². The molecule has 0 bridgehead atoms. The Morgan fingerprint density at radius 3 is 2.13 bits per heavy atom. The minimum absolute atomic E-state index is 0.170. The standard InChI is InChI=1S/C25H36N4O9/c26-6-7-34-8-9-35-10-11-36-12-13-37-14-15-38-17-23(31)27-20-3-1-2-18-19(20)16-29(25(18)33)21-4-5-22(30)28-24(21)32/h1-3,21H,4-17,26H2,(H,27,31)(H,28,30,32). The molecule has 2 heterocycles. The predicted octanol–water partition coefficient (Wildman–Crippen LogP) is -0.572. The Bertz CT molecular complexity index is 959. The van der Waals surface area contributed by atoms with Crippen LogP contribution in [-0.2, 0) is 44.6 Å². The minimum Gasteiger partial charge on any atom is -0.378 e. The summed E-state index contributed by atoms with van der Waals surface area (Å²) in [4.78, 5) is 50.4. The average molecular weight is 537 g/mol. The molecule has 4 amide bonds. The molecule has 1 aromatic carbocycles. The van der Waals surface area contributed by atoms with Crippen LogP contribution >= 0.6 is 0 Å². The first kappa shape index (κ1) is 29.6. The molecule has 2 aliphatic rings. The number of nitrogens with one attached hydrogen (secondary N) is 2. The first-order valence-electron chi connectivity index (χ1n) is 12.7. The van der Waals surface area contributed by atoms with Gasteiger partial charge in [-0.3, -0.25) is 24.5 Å². The van der Waals surface area contributed by atoms with Crippen molar-refractivity contribution in [1.29, 1.82) is 0 Å². The summed E-state index contributed by atoms with van der Waals surface area (Å²) >= 11 is 0. The molecule has 3 rings (SSSR count). The number of piperidine rings is 1. The largest absolute Gasteiger partial charge is 0.378 e. The van der Waals surface area contributed by atoms with Crippen LogP contribution in [0.3, 0.4) is 0 Å². The number of rotatable bonds is 18. The van der Waals surface area contributed by atoms with Gasteiger partial charge in [0.15, 0.2) is 0 Å². The quantitative estimate of drug-likeness (QED) is 0.163. The molecule has 0 aromatic heterocycles. The van der Waals surface area contributed by atoms with Crippen molar-refractivity contribution < 1.29 is 42.9 Å². The van der Waals surface area contributed by atoms with Crippen molar-refractivity contribution in [2.45, 2.75) is 25.4 Å². The van der Waals surface area contributed by atoms with E-state index in [1.165, 1.54) is 4.90 Å². The molecule has 4 N–H and O–H groups in total. The molecule has 38 heavy (non-hydrogen) atoms. The Morgan fingerprint density at radius 2 is 1.53 bits per heavy atom. The third-order valence-corrected chi connectivity index (χ3v) is 5.84. The van der Waals surface area contributed by atoms with Crippen LogP contribution in [0.1, 0.15) is 28.8 Å². The number of hydrogen-bond acceptors (Lipinski definition) is 10. The maximum absolute atomic E-state index is 12.9. The van der Waals surface area contributed by atoms with E-state index < -0.39 is 11.9 Å². The van der Waals surface area contributed by atoms with Crippen molar-refractivity contribution in [3.8, 4) is 0 Å². The summed E-state index contributed by atoms with van der Waals surface area (Å²) < 4.78 is 26.7. The van der Waals surface area contributed by atoms with Gasteiger partial charge >= 0.3 is 0 Å². The van der Waals surface area contributed by atoms with E-state index in [0.717, 1.165) is 0 Å². The molecule has 2 aliphatic heterocycles. The molecule has 1 fully saturated rings. The number of imide groups is 1. The van der Waals surface area contributed by atoms with Crippen LogP contribution in [0.4, 0.5) is 5.69 Å². The molecular weight excluding hydrogens is 500 g/mol. The van der Waals surface area contributed by atoms with Gasteiger partial charge in [-0.2, -0.15) is 0 Å². The molecule has 0 radical (unpaired) electrons. The lowest BCUT2D eigenvalue weighted by molar-refractivity contribution is -0.137. The highest BCUT2D eigenvalue weighted by Gasteiger charge is 2.39. The monoisotopic (exact) mass is 536 g/mol. The zero-order valence-corrected chi connectivity index (χ0v) is 21.4. The molecule has 1 aromatic rings. The fourth-order valence-corrected chi connectivity index (χ4v) is 4.02. The number of anilines is 1. The number of hydrogen-bond donors (Lipinski definition) is 3. The second kappa shape index (κ2) is 16.1. The van der Waals surface area contributed by atoms with Gasteiger partial charge in [-0.05, 0) is 18.6 Å². The highest BCUT2D eigenvalue weighted by molar-refractivity contribution is 6.06. The van der Waals surface area contributed by atoms with Gasteiger partial charge in [-0.25, -0.2) is 0 Å².